The topological polar surface area (TPSA) is 49.4 Å². The van der Waals surface area contributed by atoms with Gasteiger partial charge in [-0.3, -0.25) is 9.59 Å². The zero-order chi connectivity index (χ0) is 20.5. The van der Waals surface area contributed by atoms with E-state index in [0.29, 0.717) is 27.4 Å². The summed E-state index contributed by atoms with van der Waals surface area (Å²) in [7, 11) is 0. The van der Waals surface area contributed by atoms with E-state index in [1.165, 1.54) is 17.0 Å². The van der Waals surface area contributed by atoms with E-state index < -0.39 is 6.04 Å². The molecule has 2 amide bonds. The van der Waals surface area contributed by atoms with Crippen LogP contribution in [0.1, 0.15) is 27.5 Å². The Morgan fingerprint density at radius 1 is 1.10 bits per heavy atom. The van der Waals surface area contributed by atoms with Gasteiger partial charge >= 0.3 is 0 Å². The lowest BCUT2D eigenvalue weighted by atomic mass is 9.95. The maximum atomic E-state index is 13.6. The average molecular weight is 521 g/mol. The number of hydrogen-bond donors (Lipinski definition) is 1. The Morgan fingerprint density at radius 2 is 1.83 bits per heavy atom. The number of anilines is 1. The number of nitrogens with one attached hydrogen (secondary N) is 1. The summed E-state index contributed by atoms with van der Waals surface area (Å²) in [6.45, 7) is -0.141. The molecule has 0 saturated heterocycles. The van der Waals surface area contributed by atoms with E-state index in [0.717, 1.165) is 3.57 Å². The molecule has 1 N–H and O–H groups in total. The van der Waals surface area contributed by atoms with Gasteiger partial charge in [0.05, 0.1) is 11.6 Å². The quantitative estimate of drug-likeness (QED) is 0.468. The Labute approximate surface area is 185 Å². The van der Waals surface area contributed by atoms with Crippen molar-refractivity contribution in [2.75, 3.05) is 11.9 Å². The average Bonchev–Trinajstić information content (AvgIpc) is 2.84. The lowest BCUT2D eigenvalue weighted by Crippen LogP contribution is -2.39. The molecule has 1 aliphatic heterocycles. The molecule has 29 heavy (non-hydrogen) atoms. The van der Waals surface area contributed by atoms with Gasteiger partial charge in [-0.2, -0.15) is 0 Å². The van der Waals surface area contributed by atoms with Crippen LogP contribution in [0.15, 0.2) is 66.7 Å². The molecule has 0 unspecified atom stereocenters. The van der Waals surface area contributed by atoms with E-state index in [1.807, 2.05) is 12.1 Å². The number of amides is 2. The third kappa shape index (κ3) is 4.00. The number of rotatable bonds is 2. The van der Waals surface area contributed by atoms with Gasteiger partial charge < -0.3 is 10.2 Å². The van der Waals surface area contributed by atoms with E-state index in [-0.39, 0.29) is 24.2 Å². The Morgan fingerprint density at radius 3 is 2.55 bits per heavy atom. The van der Waals surface area contributed by atoms with Crippen molar-refractivity contribution in [2.45, 2.75) is 6.04 Å². The summed E-state index contributed by atoms with van der Waals surface area (Å²) in [6.07, 6.45) is 0. The maximum absolute atomic E-state index is 13.6. The highest BCUT2D eigenvalue weighted by molar-refractivity contribution is 14.1. The monoisotopic (exact) mass is 520 g/mol. The van der Waals surface area contributed by atoms with Gasteiger partial charge in [0, 0.05) is 19.8 Å². The van der Waals surface area contributed by atoms with Crippen molar-refractivity contribution in [2.24, 2.45) is 0 Å². The molecule has 1 aliphatic rings. The minimum Gasteiger partial charge on any atom is -0.324 e. The van der Waals surface area contributed by atoms with Crippen LogP contribution in [0.3, 0.4) is 0 Å². The highest BCUT2D eigenvalue weighted by Crippen LogP contribution is 2.38. The zero-order valence-corrected chi connectivity index (χ0v) is 17.9. The molecule has 0 fully saturated rings. The van der Waals surface area contributed by atoms with Crippen molar-refractivity contribution in [3.63, 3.8) is 0 Å². The Kier molecular flexibility index (Phi) is 5.56. The number of benzene rings is 3. The van der Waals surface area contributed by atoms with Crippen molar-refractivity contribution in [1.82, 2.24) is 4.90 Å². The second kappa shape index (κ2) is 8.12. The molecule has 4 rings (SSSR count). The predicted octanol–water partition coefficient (Wildman–Crippen LogP) is 5.27. The van der Waals surface area contributed by atoms with Crippen LogP contribution >= 0.6 is 34.2 Å². The standard InChI is InChI=1S/C22H15ClFIN2O2/c23-14-7-10-19-17(11-14)21(13-5-8-15(24)9-6-13)27(12-20(28)26-19)22(29)16-3-1-2-4-18(16)25/h1-11,21H,12H2,(H,26,28)/t21-/m1/s1. The predicted molar refractivity (Wildman–Crippen MR) is 119 cm³/mol. The van der Waals surface area contributed by atoms with Crippen molar-refractivity contribution in [3.8, 4) is 0 Å². The number of carbonyl (C=O) groups excluding carboxylic acids is 2. The summed E-state index contributed by atoms with van der Waals surface area (Å²) in [5.41, 5.74) is 2.44. The highest BCUT2D eigenvalue weighted by Gasteiger charge is 2.34. The summed E-state index contributed by atoms with van der Waals surface area (Å²) in [6, 6.07) is 17.6. The molecular formula is C22H15ClFIN2O2. The first kappa shape index (κ1) is 19.8. The molecule has 0 radical (unpaired) electrons. The number of halogens is 3. The zero-order valence-electron chi connectivity index (χ0n) is 15.0. The van der Waals surface area contributed by atoms with Crippen LogP contribution in [0.2, 0.25) is 5.02 Å². The smallest absolute Gasteiger partial charge is 0.256 e. The molecule has 0 aromatic heterocycles. The van der Waals surface area contributed by atoms with Gasteiger partial charge in [0.15, 0.2) is 0 Å². The van der Waals surface area contributed by atoms with Crippen molar-refractivity contribution in [3.05, 3.63) is 97.8 Å². The molecule has 7 heteroatoms. The Hall–Kier alpha value is -2.45. The minimum absolute atomic E-state index is 0.141. The summed E-state index contributed by atoms with van der Waals surface area (Å²) in [4.78, 5) is 27.6. The molecule has 0 saturated carbocycles. The molecule has 3 aromatic rings. The van der Waals surface area contributed by atoms with E-state index in [4.69, 9.17) is 11.6 Å². The number of carbonyl (C=O) groups is 2. The van der Waals surface area contributed by atoms with Crippen LogP contribution in [0.5, 0.6) is 0 Å². The van der Waals surface area contributed by atoms with E-state index in [1.54, 1.807) is 42.5 Å². The molecule has 1 heterocycles. The van der Waals surface area contributed by atoms with E-state index >= 15 is 0 Å². The third-order valence-corrected chi connectivity index (χ3v) is 5.93. The van der Waals surface area contributed by atoms with Gasteiger partial charge in [0.25, 0.3) is 5.91 Å². The van der Waals surface area contributed by atoms with Crippen LogP contribution < -0.4 is 5.32 Å². The van der Waals surface area contributed by atoms with Gasteiger partial charge in [-0.15, -0.1) is 0 Å². The van der Waals surface area contributed by atoms with Crippen LogP contribution in [0.25, 0.3) is 0 Å². The fourth-order valence-corrected chi connectivity index (χ4v) is 4.26. The molecule has 1 atom stereocenters. The molecule has 0 spiro atoms. The van der Waals surface area contributed by atoms with Gasteiger partial charge in [-0.1, -0.05) is 35.9 Å². The number of hydrogen-bond acceptors (Lipinski definition) is 2. The molecule has 0 bridgehead atoms. The van der Waals surface area contributed by atoms with Gasteiger partial charge in [-0.05, 0) is 70.6 Å². The van der Waals surface area contributed by atoms with E-state index in [9.17, 15) is 14.0 Å². The van der Waals surface area contributed by atoms with Crippen LogP contribution in [-0.2, 0) is 4.79 Å². The van der Waals surface area contributed by atoms with E-state index in [2.05, 4.69) is 27.9 Å². The fraction of sp³-hybridized carbons (Fsp3) is 0.0909. The SMILES string of the molecule is O=C1CN(C(=O)c2ccccc2I)[C@H](c2ccc(F)cc2)c2cc(Cl)ccc2N1. The summed E-state index contributed by atoms with van der Waals surface area (Å²) in [5.74, 6) is -0.969. The van der Waals surface area contributed by atoms with Crippen LogP contribution in [0.4, 0.5) is 10.1 Å². The first-order chi connectivity index (χ1) is 13.9. The van der Waals surface area contributed by atoms with Crippen molar-refractivity contribution >= 4 is 51.7 Å². The minimum atomic E-state index is -0.605. The molecule has 3 aromatic carbocycles. The number of nitrogens with zero attached hydrogens (tertiary/aromatic N) is 1. The normalized spacial score (nSPS) is 16.0. The second-order valence-electron chi connectivity index (χ2n) is 6.65. The Bertz CT molecular complexity index is 1100. The van der Waals surface area contributed by atoms with Crippen molar-refractivity contribution < 1.29 is 14.0 Å². The lowest BCUT2D eigenvalue weighted by Gasteiger charge is -2.31. The number of fused-ring (bicyclic) bond motifs is 1. The third-order valence-electron chi connectivity index (χ3n) is 4.76. The molecule has 146 valence electrons. The van der Waals surface area contributed by atoms with Gasteiger partial charge in [0.2, 0.25) is 5.91 Å². The fourth-order valence-electron chi connectivity index (χ4n) is 3.46. The summed E-state index contributed by atoms with van der Waals surface area (Å²) >= 11 is 8.34. The lowest BCUT2D eigenvalue weighted by molar-refractivity contribution is -0.117. The summed E-state index contributed by atoms with van der Waals surface area (Å²) < 4.78 is 14.3. The second-order valence-corrected chi connectivity index (χ2v) is 8.25. The molecule has 0 aliphatic carbocycles. The molecular weight excluding hydrogens is 506 g/mol. The van der Waals surface area contributed by atoms with Crippen LogP contribution in [0, 0.1) is 9.39 Å². The summed E-state index contributed by atoms with van der Waals surface area (Å²) in [5, 5.41) is 3.32. The molecule has 4 nitrogen and oxygen atoms in total. The Balaban J connectivity index is 1.91. The highest BCUT2D eigenvalue weighted by atomic mass is 127. The van der Waals surface area contributed by atoms with Crippen molar-refractivity contribution in [1.29, 1.82) is 0 Å². The van der Waals surface area contributed by atoms with Gasteiger partial charge in [-0.25, -0.2) is 4.39 Å². The maximum Gasteiger partial charge on any atom is 0.256 e. The first-order valence-corrected chi connectivity index (χ1v) is 10.3. The van der Waals surface area contributed by atoms with Crippen LogP contribution in [-0.4, -0.2) is 23.3 Å². The largest absolute Gasteiger partial charge is 0.324 e. The first-order valence-electron chi connectivity index (χ1n) is 8.84. The van der Waals surface area contributed by atoms with Gasteiger partial charge in [0.1, 0.15) is 12.4 Å².